The number of para-hydroxylation sites is 1. The average Bonchev–Trinajstić information content (AvgIpc) is 2.91. The van der Waals surface area contributed by atoms with Gasteiger partial charge in [0.25, 0.3) is 5.91 Å². The molecule has 7 heteroatoms. The fourth-order valence-corrected chi connectivity index (χ4v) is 3.68. The third-order valence-electron chi connectivity index (χ3n) is 4.31. The molecule has 3 aromatic rings. The van der Waals surface area contributed by atoms with Gasteiger partial charge in [-0.25, -0.2) is 0 Å². The van der Waals surface area contributed by atoms with Crippen LogP contribution in [0.1, 0.15) is 16.1 Å². The number of carbonyl (C=O) groups excluding carboxylic acids is 2. The molecule has 0 saturated carbocycles. The van der Waals surface area contributed by atoms with Crippen molar-refractivity contribution in [1.29, 1.82) is 0 Å². The topological polar surface area (TPSA) is 63.1 Å². The minimum Gasteiger partial charge on any atom is -0.353 e. The monoisotopic (exact) mass is 447 g/mol. The standard InChI is InChI=1S/C20H19BrClN3O2/c1-13-19(21)15-7-3-5-9-17(15)25(13)12-18(26)23-10-11-24-20(27)14-6-2-4-8-16(14)22/h2-9H,10-12H2,1H3,(H,23,26)(H,24,27). The van der Waals surface area contributed by atoms with E-state index in [2.05, 4.69) is 26.6 Å². The van der Waals surface area contributed by atoms with Crippen molar-refractivity contribution < 1.29 is 9.59 Å². The van der Waals surface area contributed by atoms with Crippen LogP contribution in [0.2, 0.25) is 5.02 Å². The zero-order chi connectivity index (χ0) is 19.4. The summed E-state index contributed by atoms with van der Waals surface area (Å²) >= 11 is 9.59. The van der Waals surface area contributed by atoms with Gasteiger partial charge in [-0.3, -0.25) is 9.59 Å². The quantitative estimate of drug-likeness (QED) is 0.562. The van der Waals surface area contributed by atoms with Crippen LogP contribution in [0.15, 0.2) is 53.0 Å². The molecular formula is C20H19BrClN3O2. The molecule has 0 atom stereocenters. The average molecular weight is 449 g/mol. The largest absolute Gasteiger partial charge is 0.353 e. The second-order valence-electron chi connectivity index (χ2n) is 6.09. The molecule has 27 heavy (non-hydrogen) atoms. The minimum atomic E-state index is -0.258. The second kappa shape index (κ2) is 8.59. The van der Waals surface area contributed by atoms with Crippen molar-refractivity contribution in [2.24, 2.45) is 0 Å². The molecule has 2 aromatic carbocycles. The fraction of sp³-hybridized carbons (Fsp3) is 0.200. The summed E-state index contributed by atoms with van der Waals surface area (Å²) in [5, 5.41) is 7.06. The lowest BCUT2D eigenvalue weighted by molar-refractivity contribution is -0.121. The molecule has 3 rings (SSSR count). The molecule has 0 aliphatic heterocycles. The predicted octanol–water partition coefficient (Wildman–Crippen LogP) is 3.91. The lowest BCUT2D eigenvalue weighted by Crippen LogP contribution is -2.36. The Labute approximate surface area is 170 Å². The van der Waals surface area contributed by atoms with Gasteiger partial charge in [-0.15, -0.1) is 0 Å². The van der Waals surface area contributed by atoms with E-state index in [-0.39, 0.29) is 18.4 Å². The minimum absolute atomic E-state index is 0.113. The van der Waals surface area contributed by atoms with E-state index in [0.29, 0.717) is 23.7 Å². The van der Waals surface area contributed by atoms with E-state index in [1.54, 1.807) is 24.3 Å². The van der Waals surface area contributed by atoms with Crippen LogP contribution in [0.25, 0.3) is 10.9 Å². The van der Waals surface area contributed by atoms with Crippen molar-refractivity contribution >= 4 is 50.2 Å². The molecule has 0 aliphatic rings. The van der Waals surface area contributed by atoms with Crippen LogP contribution in [0.3, 0.4) is 0 Å². The van der Waals surface area contributed by atoms with Gasteiger partial charge in [-0.05, 0) is 41.1 Å². The smallest absolute Gasteiger partial charge is 0.252 e. The number of nitrogens with zero attached hydrogens (tertiary/aromatic N) is 1. The number of carbonyl (C=O) groups is 2. The van der Waals surface area contributed by atoms with Gasteiger partial charge in [-0.2, -0.15) is 0 Å². The summed E-state index contributed by atoms with van der Waals surface area (Å²) in [6.07, 6.45) is 0. The summed E-state index contributed by atoms with van der Waals surface area (Å²) < 4.78 is 2.97. The van der Waals surface area contributed by atoms with Gasteiger partial charge < -0.3 is 15.2 Å². The van der Waals surface area contributed by atoms with Crippen LogP contribution in [0.5, 0.6) is 0 Å². The zero-order valence-electron chi connectivity index (χ0n) is 14.8. The van der Waals surface area contributed by atoms with Crippen molar-refractivity contribution in [3.8, 4) is 0 Å². The van der Waals surface area contributed by atoms with Gasteiger partial charge in [0, 0.05) is 34.2 Å². The maximum absolute atomic E-state index is 12.3. The van der Waals surface area contributed by atoms with Crippen molar-refractivity contribution in [3.05, 3.63) is 69.3 Å². The first-order chi connectivity index (χ1) is 13.0. The highest BCUT2D eigenvalue weighted by molar-refractivity contribution is 9.10. The SMILES string of the molecule is Cc1c(Br)c2ccccc2n1CC(=O)NCCNC(=O)c1ccccc1Cl. The molecular weight excluding hydrogens is 430 g/mol. The van der Waals surface area contributed by atoms with Crippen LogP contribution in [0.4, 0.5) is 0 Å². The third-order valence-corrected chi connectivity index (χ3v) is 5.64. The molecule has 1 heterocycles. The van der Waals surface area contributed by atoms with Gasteiger partial charge >= 0.3 is 0 Å². The van der Waals surface area contributed by atoms with Gasteiger partial charge in [0.1, 0.15) is 6.54 Å². The van der Waals surface area contributed by atoms with E-state index in [1.807, 2.05) is 35.8 Å². The Morgan fingerprint density at radius 1 is 1.04 bits per heavy atom. The molecule has 0 aliphatic carbocycles. The molecule has 140 valence electrons. The van der Waals surface area contributed by atoms with E-state index < -0.39 is 0 Å². The number of hydrogen-bond acceptors (Lipinski definition) is 2. The van der Waals surface area contributed by atoms with Crippen LogP contribution in [-0.2, 0) is 11.3 Å². The Kier molecular flexibility index (Phi) is 6.19. The van der Waals surface area contributed by atoms with E-state index in [4.69, 9.17) is 11.6 Å². The van der Waals surface area contributed by atoms with E-state index in [0.717, 1.165) is 21.1 Å². The van der Waals surface area contributed by atoms with Crippen molar-refractivity contribution in [3.63, 3.8) is 0 Å². The normalized spacial score (nSPS) is 10.8. The maximum atomic E-state index is 12.3. The van der Waals surface area contributed by atoms with Crippen LogP contribution < -0.4 is 10.6 Å². The third kappa shape index (κ3) is 4.34. The molecule has 0 radical (unpaired) electrons. The van der Waals surface area contributed by atoms with Crippen molar-refractivity contribution in [1.82, 2.24) is 15.2 Å². The van der Waals surface area contributed by atoms with Crippen molar-refractivity contribution in [2.45, 2.75) is 13.5 Å². The number of nitrogens with one attached hydrogen (secondary N) is 2. The van der Waals surface area contributed by atoms with Crippen LogP contribution in [-0.4, -0.2) is 29.5 Å². The van der Waals surface area contributed by atoms with Crippen LogP contribution in [0, 0.1) is 6.92 Å². The molecule has 0 unspecified atom stereocenters. The highest BCUT2D eigenvalue weighted by Crippen LogP contribution is 2.30. The summed E-state index contributed by atoms with van der Waals surface area (Å²) in [5.41, 5.74) is 2.42. The Morgan fingerprint density at radius 2 is 1.70 bits per heavy atom. The molecule has 2 amide bonds. The van der Waals surface area contributed by atoms with Gasteiger partial charge in [0.05, 0.1) is 10.6 Å². The highest BCUT2D eigenvalue weighted by Gasteiger charge is 2.14. The van der Waals surface area contributed by atoms with E-state index in [1.165, 1.54) is 0 Å². The summed E-state index contributed by atoms with van der Waals surface area (Å²) in [7, 11) is 0. The zero-order valence-corrected chi connectivity index (χ0v) is 17.1. The van der Waals surface area contributed by atoms with Gasteiger partial charge in [0.2, 0.25) is 5.91 Å². The molecule has 0 spiro atoms. The van der Waals surface area contributed by atoms with Gasteiger partial charge in [0.15, 0.2) is 0 Å². The number of fused-ring (bicyclic) bond motifs is 1. The first-order valence-electron chi connectivity index (χ1n) is 8.52. The molecule has 0 fully saturated rings. The summed E-state index contributed by atoms with van der Waals surface area (Å²) in [4.78, 5) is 24.4. The number of benzene rings is 2. The maximum Gasteiger partial charge on any atom is 0.252 e. The number of aromatic nitrogens is 1. The number of rotatable bonds is 6. The Balaban J connectivity index is 1.53. The fourth-order valence-electron chi connectivity index (χ4n) is 2.91. The Hall–Kier alpha value is -2.31. The molecule has 5 nitrogen and oxygen atoms in total. The number of halogens is 2. The summed E-state index contributed by atoms with van der Waals surface area (Å²) in [6, 6.07) is 14.8. The summed E-state index contributed by atoms with van der Waals surface area (Å²) in [5.74, 6) is -0.371. The lowest BCUT2D eigenvalue weighted by atomic mass is 10.2. The second-order valence-corrected chi connectivity index (χ2v) is 7.29. The first-order valence-corrected chi connectivity index (χ1v) is 9.69. The van der Waals surface area contributed by atoms with Crippen molar-refractivity contribution in [2.75, 3.05) is 13.1 Å². The predicted molar refractivity (Wildman–Crippen MR) is 111 cm³/mol. The first kappa shape index (κ1) is 19.5. The highest BCUT2D eigenvalue weighted by atomic mass is 79.9. The Morgan fingerprint density at radius 3 is 2.48 bits per heavy atom. The molecule has 1 aromatic heterocycles. The van der Waals surface area contributed by atoms with Gasteiger partial charge in [-0.1, -0.05) is 41.9 Å². The van der Waals surface area contributed by atoms with E-state index in [9.17, 15) is 9.59 Å². The molecule has 0 saturated heterocycles. The molecule has 2 N–H and O–H groups in total. The molecule has 0 bridgehead atoms. The van der Waals surface area contributed by atoms with Crippen LogP contribution >= 0.6 is 27.5 Å². The Bertz CT molecular complexity index is 1000. The lowest BCUT2D eigenvalue weighted by Gasteiger charge is -2.10. The number of amides is 2. The van der Waals surface area contributed by atoms with E-state index >= 15 is 0 Å². The summed E-state index contributed by atoms with van der Waals surface area (Å²) in [6.45, 7) is 2.86. The number of hydrogen-bond donors (Lipinski definition) is 2.